The van der Waals surface area contributed by atoms with Crippen LogP contribution in [0.3, 0.4) is 0 Å². The van der Waals surface area contributed by atoms with Crippen molar-refractivity contribution < 1.29 is 14.3 Å². The third-order valence-electron chi connectivity index (χ3n) is 3.91. The number of rotatable bonds is 6. The number of hydrogen-bond donors (Lipinski definition) is 2. The number of carbonyl (C=O) groups is 2. The predicted molar refractivity (Wildman–Crippen MR) is 91.2 cm³/mol. The maximum Gasteiger partial charge on any atom is 0.338 e. The quantitative estimate of drug-likeness (QED) is 0.783. The maximum atomic E-state index is 12.0. The van der Waals surface area contributed by atoms with Crippen LogP contribution in [0.15, 0.2) is 24.3 Å². The zero-order chi connectivity index (χ0) is 17.6. The number of nitrogens with zero attached hydrogens (tertiary/aromatic N) is 3. The number of fused-ring (bicyclic) bond motifs is 1. The number of benzene rings is 1. The monoisotopic (exact) mass is 343 g/mol. The minimum atomic E-state index is -0.362. The molecule has 0 unspecified atom stereocenters. The van der Waals surface area contributed by atoms with E-state index in [1.807, 2.05) is 11.5 Å². The Hall–Kier alpha value is -2.90. The van der Waals surface area contributed by atoms with Gasteiger partial charge in [0.05, 0.1) is 18.7 Å². The van der Waals surface area contributed by atoms with Crippen molar-refractivity contribution in [3.8, 4) is 0 Å². The molecule has 0 aliphatic carbocycles. The van der Waals surface area contributed by atoms with E-state index in [9.17, 15) is 9.59 Å². The van der Waals surface area contributed by atoms with Crippen molar-refractivity contribution in [3.05, 3.63) is 41.5 Å². The third kappa shape index (κ3) is 4.14. The zero-order valence-corrected chi connectivity index (χ0v) is 14.1. The number of aryl methyl sites for hydroxylation is 1. The number of esters is 1. The second-order valence-corrected chi connectivity index (χ2v) is 5.81. The summed E-state index contributed by atoms with van der Waals surface area (Å²) in [7, 11) is 0. The predicted octanol–water partition coefficient (Wildman–Crippen LogP) is 2.11. The zero-order valence-electron chi connectivity index (χ0n) is 14.1. The molecule has 0 atom stereocenters. The average Bonchev–Trinajstić information content (AvgIpc) is 3.22. The van der Waals surface area contributed by atoms with E-state index in [0.29, 0.717) is 24.4 Å². The van der Waals surface area contributed by atoms with Gasteiger partial charge in [-0.3, -0.25) is 0 Å². The molecular formula is C17H21N5O3. The van der Waals surface area contributed by atoms with Crippen LogP contribution in [-0.4, -0.2) is 33.4 Å². The van der Waals surface area contributed by atoms with E-state index < -0.39 is 0 Å². The highest BCUT2D eigenvalue weighted by atomic mass is 16.5. The van der Waals surface area contributed by atoms with Crippen molar-refractivity contribution in [2.75, 3.05) is 11.9 Å². The largest absolute Gasteiger partial charge is 0.462 e. The van der Waals surface area contributed by atoms with Crippen molar-refractivity contribution in [3.63, 3.8) is 0 Å². The van der Waals surface area contributed by atoms with Gasteiger partial charge in [0.25, 0.3) is 0 Å². The van der Waals surface area contributed by atoms with Crippen molar-refractivity contribution in [2.45, 2.75) is 39.3 Å². The number of amides is 2. The van der Waals surface area contributed by atoms with E-state index in [-0.39, 0.29) is 12.0 Å². The molecule has 2 amide bonds. The van der Waals surface area contributed by atoms with Crippen molar-refractivity contribution in [2.24, 2.45) is 0 Å². The minimum absolute atomic E-state index is 0.320. The summed E-state index contributed by atoms with van der Waals surface area (Å²) >= 11 is 0. The van der Waals surface area contributed by atoms with Crippen LogP contribution in [-0.2, 0) is 24.2 Å². The van der Waals surface area contributed by atoms with Crippen LogP contribution in [0.4, 0.5) is 10.5 Å². The summed E-state index contributed by atoms with van der Waals surface area (Å²) < 4.78 is 7.10. The van der Waals surface area contributed by atoms with Gasteiger partial charge >= 0.3 is 12.0 Å². The van der Waals surface area contributed by atoms with Gasteiger partial charge in [0.15, 0.2) is 5.82 Å². The van der Waals surface area contributed by atoms with Crippen LogP contribution < -0.4 is 10.6 Å². The van der Waals surface area contributed by atoms with E-state index in [1.54, 1.807) is 24.3 Å². The van der Waals surface area contributed by atoms with Gasteiger partial charge in [-0.15, -0.1) is 10.2 Å². The summed E-state index contributed by atoms with van der Waals surface area (Å²) in [5.41, 5.74) is 1.05. The molecule has 25 heavy (non-hydrogen) atoms. The molecule has 1 aliphatic heterocycles. The first kappa shape index (κ1) is 16.9. The molecule has 132 valence electrons. The molecule has 1 aromatic heterocycles. The highest BCUT2D eigenvalue weighted by Gasteiger charge is 2.17. The van der Waals surface area contributed by atoms with Gasteiger partial charge in [0.1, 0.15) is 5.82 Å². The lowest BCUT2D eigenvalue weighted by atomic mass is 10.2. The number of urea groups is 1. The van der Waals surface area contributed by atoms with Crippen LogP contribution in [0.2, 0.25) is 0 Å². The lowest BCUT2D eigenvalue weighted by molar-refractivity contribution is 0.0505. The molecule has 3 rings (SSSR count). The molecule has 0 radical (unpaired) electrons. The van der Waals surface area contributed by atoms with Crippen LogP contribution in [0.5, 0.6) is 0 Å². The molecule has 2 N–H and O–H groups in total. The van der Waals surface area contributed by atoms with E-state index in [2.05, 4.69) is 20.8 Å². The Balaban J connectivity index is 1.50. The first-order valence-electron chi connectivity index (χ1n) is 8.40. The topological polar surface area (TPSA) is 98.1 Å². The van der Waals surface area contributed by atoms with Crippen molar-refractivity contribution in [1.82, 2.24) is 20.1 Å². The number of ether oxygens (including phenoxy) is 1. The van der Waals surface area contributed by atoms with Crippen LogP contribution in [0, 0.1) is 0 Å². The van der Waals surface area contributed by atoms with E-state index in [1.165, 1.54) is 0 Å². The molecule has 0 saturated carbocycles. The van der Waals surface area contributed by atoms with Gasteiger partial charge in [0.2, 0.25) is 0 Å². The Morgan fingerprint density at radius 2 is 2.04 bits per heavy atom. The molecule has 0 bridgehead atoms. The maximum absolute atomic E-state index is 12.0. The van der Waals surface area contributed by atoms with Crippen LogP contribution >= 0.6 is 0 Å². The van der Waals surface area contributed by atoms with Gasteiger partial charge in [0, 0.05) is 18.7 Å². The van der Waals surface area contributed by atoms with Crippen LogP contribution in [0.25, 0.3) is 0 Å². The van der Waals surface area contributed by atoms with Crippen molar-refractivity contribution in [1.29, 1.82) is 0 Å². The molecule has 0 fully saturated rings. The first-order chi connectivity index (χ1) is 12.2. The standard InChI is InChI=1S/C17H21N5O3/c1-2-10-25-16(23)12-5-7-13(8-6-12)19-17(24)18-11-15-21-20-14-4-3-9-22(14)15/h5-8H,2-4,9-11H2,1H3,(H2,18,19,24). The van der Waals surface area contributed by atoms with Gasteiger partial charge in [-0.1, -0.05) is 6.92 Å². The van der Waals surface area contributed by atoms with Gasteiger partial charge in [-0.2, -0.15) is 0 Å². The summed E-state index contributed by atoms with van der Waals surface area (Å²) in [6.07, 6.45) is 2.78. The van der Waals surface area contributed by atoms with Crippen LogP contribution in [0.1, 0.15) is 41.8 Å². The summed E-state index contributed by atoms with van der Waals surface area (Å²) in [5, 5.41) is 13.7. The lowest BCUT2D eigenvalue weighted by Gasteiger charge is -2.08. The number of hydrogen-bond acceptors (Lipinski definition) is 5. The fourth-order valence-corrected chi connectivity index (χ4v) is 2.64. The summed E-state index contributed by atoms with van der Waals surface area (Å²) in [5.74, 6) is 1.37. The highest BCUT2D eigenvalue weighted by molar-refractivity contribution is 5.92. The Morgan fingerprint density at radius 1 is 1.24 bits per heavy atom. The lowest BCUT2D eigenvalue weighted by Crippen LogP contribution is -2.29. The summed E-state index contributed by atoms with van der Waals surface area (Å²) in [6, 6.07) is 6.24. The number of carbonyl (C=O) groups excluding carboxylic acids is 2. The first-order valence-corrected chi connectivity index (χ1v) is 8.40. The second kappa shape index (κ2) is 7.78. The average molecular weight is 343 g/mol. The molecule has 2 aromatic rings. The summed E-state index contributed by atoms with van der Waals surface area (Å²) in [4.78, 5) is 23.7. The van der Waals surface area contributed by atoms with Gasteiger partial charge in [-0.25, -0.2) is 9.59 Å². The fourth-order valence-electron chi connectivity index (χ4n) is 2.64. The Bertz CT molecular complexity index is 754. The van der Waals surface area contributed by atoms with E-state index in [0.717, 1.165) is 37.5 Å². The molecule has 0 spiro atoms. The van der Waals surface area contributed by atoms with Crippen molar-refractivity contribution >= 4 is 17.7 Å². The minimum Gasteiger partial charge on any atom is -0.462 e. The molecule has 2 heterocycles. The van der Waals surface area contributed by atoms with Gasteiger partial charge < -0.3 is 19.9 Å². The molecular weight excluding hydrogens is 322 g/mol. The fraction of sp³-hybridized carbons (Fsp3) is 0.412. The molecule has 8 heteroatoms. The Morgan fingerprint density at radius 3 is 2.80 bits per heavy atom. The number of anilines is 1. The molecule has 8 nitrogen and oxygen atoms in total. The molecule has 1 aliphatic rings. The smallest absolute Gasteiger partial charge is 0.338 e. The second-order valence-electron chi connectivity index (χ2n) is 5.81. The Kier molecular flexibility index (Phi) is 5.27. The molecule has 1 aromatic carbocycles. The Labute approximate surface area is 145 Å². The SMILES string of the molecule is CCCOC(=O)c1ccc(NC(=O)NCc2nnc3n2CCC3)cc1. The number of nitrogens with one attached hydrogen (secondary N) is 2. The number of aromatic nitrogens is 3. The highest BCUT2D eigenvalue weighted by Crippen LogP contribution is 2.14. The summed E-state index contributed by atoms with van der Waals surface area (Å²) in [6.45, 7) is 3.55. The van der Waals surface area contributed by atoms with Gasteiger partial charge in [-0.05, 0) is 37.1 Å². The van der Waals surface area contributed by atoms with E-state index >= 15 is 0 Å². The normalized spacial score (nSPS) is 12.5. The molecule has 0 saturated heterocycles. The van der Waals surface area contributed by atoms with E-state index in [4.69, 9.17) is 4.74 Å². The third-order valence-corrected chi connectivity index (χ3v) is 3.91.